The van der Waals surface area contributed by atoms with Gasteiger partial charge in [0.2, 0.25) is 11.8 Å². The molecule has 0 saturated heterocycles. The maximum atomic E-state index is 13.5. The van der Waals surface area contributed by atoms with Crippen LogP contribution in [0.15, 0.2) is 84.2 Å². The van der Waals surface area contributed by atoms with Gasteiger partial charge in [0, 0.05) is 36.4 Å². The van der Waals surface area contributed by atoms with Crippen molar-refractivity contribution in [1.29, 1.82) is 0 Å². The second-order valence-corrected chi connectivity index (χ2v) is 10.1. The molecule has 196 valence electrons. The highest BCUT2D eigenvalue weighted by Gasteiger charge is 2.27. The van der Waals surface area contributed by atoms with Crippen molar-refractivity contribution < 1.29 is 14.3 Å². The lowest BCUT2D eigenvalue weighted by Gasteiger charge is -2.28. The Balaban J connectivity index is 1.53. The standard InChI is InChI=1S/C30H32N4O3S/c1-21(30(36)31-24-12-14-25(15-13-24)33(2)3)34(29(35)18-22-8-6-5-7-9-22)19-28-32-27(20-38-28)23-10-16-26(37-4)17-11-23/h5-17,20-21H,18-19H2,1-4H3,(H,31,36). The van der Waals surface area contributed by atoms with Gasteiger partial charge in [0.25, 0.3) is 0 Å². The lowest BCUT2D eigenvalue weighted by Crippen LogP contribution is -2.45. The molecule has 0 spiro atoms. The van der Waals surface area contributed by atoms with Crippen LogP contribution < -0.4 is 15.0 Å². The van der Waals surface area contributed by atoms with E-state index in [1.165, 1.54) is 11.3 Å². The van der Waals surface area contributed by atoms with Crippen LogP contribution in [0.3, 0.4) is 0 Å². The summed E-state index contributed by atoms with van der Waals surface area (Å²) in [5, 5.41) is 5.68. The number of thiazole rings is 1. The van der Waals surface area contributed by atoms with Crippen LogP contribution in [0.1, 0.15) is 17.5 Å². The molecule has 3 aromatic carbocycles. The van der Waals surface area contributed by atoms with Gasteiger partial charge in [-0.15, -0.1) is 11.3 Å². The molecule has 0 fully saturated rings. The van der Waals surface area contributed by atoms with E-state index in [-0.39, 0.29) is 24.8 Å². The average molecular weight is 529 g/mol. The smallest absolute Gasteiger partial charge is 0.246 e. The van der Waals surface area contributed by atoms with Gasteiger partial charge < -0.3 is 19.9 Å². The molecule has 1 heterocycles. The maximum Gasteiger partial charge on any atom is 0.246 e. The molecular formula is C30H32N4O3S. The largest absolute Gasteiger partial charge is 0.497 e. The van der Waals surface area contributed by atoms with Crippen molar-refractivity contribution in [1.82, 2.24) is 9.88 Å². The summed E-state index contributed by atoms with van der Waals surface area (Å²) in [5.74, 6) is 0.386. The fourth-order valence-electron chi connectivity index (χ4n) is 3.97. The highest BCUT2D eigenvalue weighted by atomic mass is 32.1. The Bertz CT molecular complexity index is 1350. The summed E-state index contributed by atoms with van der Waals surface area (Å²) in [5.41, 5.74) is 4.39. The molecule has 0 aliphatic rings. The Morgan fingerprint density at radius 2 is 1.66 bits per heavy atom. The summed E-state index contributed by atoms with van der Waals surface area (Å²) in [4.78, 5) is 35.1. The van der Waals surface area contributed by atoms with Crippen molar-refractivity contribution in [3.63, 3.8) is 0 Å². The summed E-state index contributed by atoms with van der Waals surface area (Å²) < 4.78 is 5.24. The zero-order chi connectivity index (χ0) is 27.1. The van der Waals surface area contributed by atoms with Gasteiger partial charge in [0.1, 0.15) is 16.8 Å². The first-order valence-corrected chi connectivity index (χ1v) is 13.2. The summed E-state index contributed by atoms with van der Waals surface area (Å²) >= 11 is 1.47. The van der Waals surface area contributed by atoms with Crippen LogP contribution >= 0.6 is 11.3 Å². The van der Waals surface area contributed by atoms with Crippen LogP contribution in [-0.4, -0.2) is 48.9 Å². The SMILES string of the molecule is COc1ccc(-c2csc(CN(C(=O)Cc3ccccc3)C(C)C(=O)Nc3ccc(N(C)C)cc3)n2)cc1. The summed E-state index contributed by atoms with van der Waals surface area (Å²) in [6.45, 7) is 1.99. The van der Waals surface area contributed by atoms with Crippen molar-refractivity contribution >= 4 is 34.5 Å². The molecule has 0 radical (unpaired) electrons. The van der Waals surface area contributed by atoms with Gasteiger partial charge in [-0.2, -0.15) is 0 Å². The molecule has 4 aromatic rings. The average Bonchev–Trinajstić information content (AvgIpc) is 3.41. The first kappa shape index (κ1) is 26.9. The van der Waals surface area contributed by atoms with E-state index in [1.54, 1.807) is 18.9 Å². The number of aromatic nitrogens is 1. The fraction of sp³-hybridized carbons (Fsp3) is 0.233. The van der Waals surface area contributed by atoms with E-state index in [0.717, 1.165) is 33.3 Å². The van der Waals surface area contributed by atoms with Crippen molar-refractivity contribution in [3.8, 4) is 17.0 Å². The minimum absolute atomic E-state index is 0.136. The van der Waals surface area contributed by atoms with E-state index in [9.17, 15) is 9.59 Å². The normalized spacial score (nSPS) is 11.5. The third-order valence-electron chi connectivity index (χ3n) is 6.26. The van der Waals surface area contributed by atoms with Crippen molar-refractivity contribution in [2.24, 2.45) is 0 Å². The van der Waals surface area contributed by atoms with Crippen LogP contribution in [0, 0.1) is 0 Å². The quantitative estimate of drug-likeness (QED) is 0.295. The molecule has 2 amide bonds. The fourth-order valence-corrected chi connectivity index (χ4v) is 4.77. The van der Waals surface area contributed by atoms with E-state index in [0.29, 0.717) is 5.69 Å². The number of amides is 2. The van der Waals surface area contributed by atoms with Crippen LogP contribution in [0.25, 0.3) is 11.3 Å². The zero-order valence-electron chi connectivity index (χ0n) is 22.0. The summed E-state index contributed by atoms with van der Waals surface area (Å²) in [7, 11) is 5.56. The number of nitrogens with zero attached hydrogens (tertiary/aromatic N) is 3. The number of carbonyl (C=O) groups is 2. The molecule has 8 heteroatoms. The Labute approximate surface area is 227 Å². The number of hydrogen-bond acceptors (Lipinski definition) is 6. The van der Waals surface area contributed by atoms with Crippen molar-refractivity contribution in [2.45, 2.75) is 25.9 Å². The molecule has 1 aromatic heterocycles. The minimum Gasteiger partial charge on any atom is -0.497 e. The predicted octanol–water partition coefficient (Wildman–Crippen LogP) is 5.48. The van der Waals surface area contributed by atoms with Crippen molar-refractivity contribution in [2.75, 3.05) is 31.4 Å². The van der Waals surface area contributed by atoms with E-state index in [4.69, 9.17) is 9.72 Å². The number of carbonyl (C=O) groups excluding carboxylic acids is 2. The number of rotatable bonds is 10. The molecule has 0 saturated carbocycles. The third kappa shape index (κ3) is 6.77. The lowest BCUT2D eigenvalue weighted by molar-refractivity contribution is -0.138. The third-order valence-corrected chi connectivity index (χ3v) is 7.09. The van der Waals surface area contributed by atoms with Gasteiger partial charge >= 0.3 is 0 Å². The Hall–Kier alpha value is -4.17. The van der Waals surface area contributed by atoms with E-state index < -0.39 is 6.04 Å². The zero-order valence-corrected chi connectivity index (χ0v) is 22.9. The van der Waals surface area contributed by atoms with Crippen LogP contribution in [0.5, 0.6) is 5.75 Å². The van der Waals surface area contributed by atoms with E-state index >= 15 is 0 Å². The molecule has 7 nitrogen and oxygen atoms in total. The van der Waals surface area contributed by atoms with Gasteiger partial charge in [-0.1, -0.05) is 30.3 Å². The molecule has 0 bridgehead atoms. The number of ether oxygens (including phenoxy) is 1. The van der Waals surface area contributed by atoms with Crippen LogP contribution in [0.4, 0.5) is 11.4 Å². The Morgan fingerprint density at radius 1 is 0.974 bits per heavy atom. The molecule has 1 unspecified atom stereocenters. The number of anilines is 2. The lowest BCUT2D eigenvalue weighted by atomic mass is 10.1. The second-order valence-electron chi connectivity index (χ2n) is 9.15. The van der Waals surface area contributed by atoms with Gasteiger partial charge in [-0.25, -0.2) is 4.98 Å². The van der Waals surface area contributed by atoms with E-state index in [1.807, 2.05) is 103 Å². The highest BCUT2D eigenvalue weighted by molar-refractivity contribution is 7.09. The van der Waals surface area contributed by atoms with Gasteiger partial charge in [-0.05, 0) is 61.0 Å². The number of benzene rings is 3. The second kappa shape index (κ2) is 12.4. The Morgan fingerprint density at radius 3 is 2.29 bits per heavy atom. The molecular weight excluding hydrogens is 496 g/mol. The number of nitrogens with one attached hydrogen (secondary N) is 1. The molecule has 38 heavy (non-hydrogen) atoms. The summed E-state index contributed by atoms with van der Waals surface area (Å²) in [6, 6.07) is 24.1. The Kier molecular flexibility index (Phi) is 8.76. The molecule has 1 atom stereocenters. The van der Waals surface area contributed by atoms with E-state index in [2.05, 4.69) is 5.32 Å². The van der Waals surface area contributed by atoms with Gasteiger partial charge in [0.15, 0.2) is 0 Å². The molecule has 0 aliphatic heterocycles. The topological polar surface area (TPSA) is 74.8 Å². The van der Waals surface area contributed by atoms with Gasteiger partial charge in [-0.3, -0.25) is 9.59 Å². The first-order chi connectivity index (χ1) is 18.3. The molecule has 1 N–H and O–H groups in total. The van der Waals surface area contributed by atoms with Gasteiger partial charge in [0.05, 0.1) is 25.8 Å². The minimum atomic E-state index is -0.701. The van der Waals surface area contributed by atoms with Crippen LogP contribution in [-0.2, 0) is 22.6 Å². The highest BCUT2D eigenvalue weighted by Crippen LogP contribution is 2.26. The maximum absolute atomic E-state index is 13.5. The number of hydrogen-bond donors (Lipinski definition) is 1. The number of methoxy groups -OCH3 is 1. The predicted molar refractivity (Wildman–Crippen MR) is 154 cm³/mol. The molecule has 4 rings (SSSR count). The monoisotopic (exact) mass is 528 g/mol. The first-order valence-electron chi connectivity index (χ1n) is 12.3. The summed E-state index contributed by atoms with van der Waals surface area (Å²) in [6.07, 6.45) is 0.201. The van der Waals surface area contributed by atoms with Crippen LogP contribution in [0.2, 0.25) is 0 Å². The molecule has 0 aliphatic carbocycles. The van der Waals surface area contributed by atoms with Crippen molar-refractivity contribution in [3.05, 3.63) is 94.8 Å².